The van der Waals surface area contributed by atoms with E-state index in [2.05, 4.69) is 5.10 Å². The first-order chi connectivity index (χ1) is 11.1. The first-order valence-electron chi connectivity index (χ1n) is 7.76. The molecule has 5 nitrogen and oxygen atoms in total. The summed E-state index contributed by atoms with van der Waals surface area (Å²) in [5, 5.41) is 4.91. The van der Waals surface area contributed by atoms with Gasteiger partial charge in [-0.1, -0.05) is 23.7 Å². The molecule has 23 heavy (non-hydrogen) atoms. The normalized spacial score (nSPS) is 18.2. The lowest BCUT2D eigenvalue weighted by atomic mass is 10.1. The van der Waals surface area contributed by atoms with Crippen LogP contribution in [-0.2, 0) is 16.1 Å². The van der Waals surface area contributed by atoms with Gasteiger partial charge < -0.3 is 9.64 Å². The minimum Gasteiger partial charge on any atom is -0.370 e. The number of aryl methyl sites for hydroxylation is 2. The molecule has 1 aromatic carbocycles. The Balaban J connectivity index is 1.57. The van der Waals surface area contributed by atoms with Gasteiger partial charge in [0.15, 0.2) is 0 Å². The van der Waals surface area contributed by atoms with Gasteiger partial charge in [-0.15, -0.1) is 0 Å². The van der Waals surface area contributed by atoms with E-state index in [1.54, 1.807) is 6.20 Å². The zero-order valence-corrected chi connectivity index (χ0v) is 13.9. The number of amides is 1. The Bertz CT molecular complexity index is 669. The van der Waals surface area contributed by atoms with Crippen molar-refractivity contribution in [2.75, 3.05) is 19.7 Å². The number of carbonyl (C=O) groups excluding carboxylic acids is 1. The van der Waals surface area contributed by atoms with Crippen molar-refractivity contribution < 1.29 is 9.53 Å². The summed E-state index contributed by atoms with van der Waals surface area (Å²) in [6.45, 7) is 4.37. The quantitative estimate of drug-likeness (QED) is 0.864. The molecule has 0 bridgehead atoms. The third-order valence-electron chi connectivity index (χ3n) is 3.98. The standard InChI is InChI=1S/C17H20ClN3O2/c1-13-10-19-21(11-13)7-6-17(22)20-8-9-23-16(12-20)14-2-4-15(18)5-3-14/h2-5,10-11,16H,6-9,12H2,1H3. The van der Waals surface area contributed by atoms with E-state index in [0.717, 1.165) is 11.1 Å². The molecule has 0 aliphatic carbocycles. The Morgan fingerprint density at radius 2 is 2.17 bits per heavy atom. The van der Waals surface area contributed by atoms with E-state index < -0.39 is 0 Å². The summed E-state index contributed by atoms with van der Waals surface area (Å²) in [5.41, 5.74) is 2.15. The number of benzene rings is 1. The highest BCUT2D eigenvalue weighted by molar-refractivity contribution is 6.30. The second-order valence-corrected chi connectivity index (χ2v) is 6.22. The minimum absolute atomic E-state index is 0.0862. The van der Waals surface area contributed by atoms with Gasteiger partial charge in [0.05, 0.1) is 19.3 Å². The Hall–Kier alpha value is -1.85. The highest BCUT2D eigenvalue weighted by Crippen LogP contribution is 2.24. The second-order valence-electron chi connectivity index (χ2n) is 5.78. The third-order valence-corrected chi connectivity index (χ3v) is 4.23. The van der Waals surface area contributed by atoms with E-state index in [-0.39, 0.29) is 12.0 Å². The van der Waals surface area contributed by atoms with Gasteiger partial charge in [-0.3, -0.25) is 9.48 Å². The predicted molar refractivity (Wildman–Crippen MR) is 88.3 cm³/mol. The number of hydrogen-bond donors (Lipinski definition) is 0. The molecular formula is C17H20ClN3O2. The molecule has 1 unspecified atom stereocenters. The van der Waals surface area contributed by atoms with E-state index in [9.17, 15) is 4.79 Å². The average Bonchev–Trinajstić information content (AvgIpc) is 2.99. The Kier molecular flexibility index (Phi) is 4.98. The van der Waals surface area contributed by atoms with Crippen molar-refractivity contribution >= 4 is 17.5 Å². The molecule has 1 aromatic heterocycles. The van der Waals surface area contributed by atoms with Crippen LogP contribution in [0.3, 0.4) is 0 Å². The van der Waals surface area contributed by atoms with Crippen LogP contribution in [0, 0.1) is 6.92 Å². The molecule has 1 fully saturated rings. The van der Waals surface area contributed by atoms with E-state index in [0.29, 0.717) is 37.7 Å². The van der Waals surface area contributed by atoms with Gasteiger partial charge in [0, 0.05) is 30.7 Å². The molecule has 1 amide bonds. The van der Waals surface area contributed by atoms with E-state index in [1.165, 1.54) is 0 Å². The van der Waals surface area contributed by atoms with Gasteiger partial charge in [0.25, 0.3) is 0 Å². The van der Waals surface area contributed by atoms with Crippen LogP contribution in [0.5, 0.6) is 0 Å². The number of morpholine rings is 1. The summed E-state index contributed by atoms with van der Waals surface area (Å²) in [5.74, 6) is 0.139. The van der Waals surface area contributed by atoms with Gasteiger partial charge in [0.1, 0.15) is 6.10 Å². The van der Waals surface area contributed by atoms with Crippen LogP contribution >= 0.6 is 11.6 Å². The number of halogens is 1. The summed E-state index contributed by atoms with van der Waals surface area (Å²) in [4.78, 5) is 14.3. The lowest BCUT2D eigenvalue weighted by molar-refractivity contribution is -0.139. The fourth-order valence-electron chi connectivity index (χ4n) is 2.71. The molecule has 0 radical (unpaired) electrons. The van der Waals surface area contributed by atoms with Gasteiger partial charge in [-0.2, -0.15) is 5.10 Å². The van der Waals surface area contributed by atoms with Crippen molar-refractivity contribution in [3.8, 4) is 0 Å². The predicted octanol–water partition coefficient (Wildman–Crippen LogP) is 2.84. The zero-order valence-electron chi connectivity index (χ0n) is 13.1. The largest absolute Gasteiger partial charge is 0.370 e. The van der Waals surface area contributed by atoms with Crippen molar-refractivity contribution in [3.05, 3.63) is 52.8 Å². The Morgan fingerprint density at radius 3 is 2.87 bits per heavy atom. The molecule has 2 heterocycles. The van der Waals surface area contributed by atoms with Crippen LogP contribution in [0.25, 0.3) is 0 Å². The molecule has 1 aliphatic heterocycles. The molecule has 0 N–H and O–H groups in total. The van der Waals surface area contributed by atoms with Gasteiger partial charge in [-0.25, -0.2) is 0 Å². The molecule has 1 atom stereocenters. The Morgan fingerprint density at radius 1 is 1.39 bits per heavy atom. The molecular weight excluding hydrogens is 314 g/mol. The Labute approximate surface area is 140 Å². The first-order valence-corrected chi connectivity index (χ1v) is 8.13. The maximum atomic E-state index is 12.4. The SMILES string of the molecule is Cc1cnn(CCC(=O)N2CCOC(c3ccc(Cl)cc3)C2)c1. The van der Waals surface area contributed by atoms with E-state index in [4.69, 9.17) is 16.3 Å². The maximum Gasteiger partial charge on any atom is 0.224 e. The highest BCUT2D eigenvalue weighted by atomic mass is 35.5. The molecule has 2 aromatic rings. The van der Waals surface area contributed by atoms with Crippen LogP contribution in [0.4, 0.5) is 0 Å². The van der Waals surface area contributed by atoms with Crippen LogP contribution in [0.1, 0.15) is 23.7 Å². The van der Waals surface area contributed by atoms with Crippen molar-refractivity contribution in [1.29, 1.82) is 0 Å². The topological polar surface area (TPSA) is 47.4 Å². The summed E-state index contributed by atoms with van der Waals surface area (Å²) < 4.78 is 7.61. The van der Waals surface area contributed by atoms with Crippen LogP contribution in [0.15, 0.2) is 36.7 Å². The lowest BCUT2D eigenvalue weighted by Crippen LogP contribution is -2.42. The first kappa shape index (κ1) is 16.0. The maximum absolute atomic E-state index is 12.4. The molecule has 122 valence electrons. The number of ether oxygens (including phenoxy) is 1. The van der Waals surface area contributed by atoms with Crippen molar-refractivity contribution in [3.63, 3.8) is 0 Å². The highest BCUT2D eigenvalue weighted by Gasteiger charge is 2.25. The molecule has 0 saturated carbocycles. The molecule has 1 aliphatic rings. The number of aromatic nitrogens is 2. The fourth-order valence-corrected chi connectivity index (χ4v) is 2.84. The molecule has 6 heteroatoms. The van der Waals surface area contributed by atoms with Crippen LogP contribution in [-0.4, -0.2) is 40.3 Å². The zero-order chi connectivity index (χ0) is 16.2. The second kappa shape index (κ2) is 7.15. The smallest absolute Gasteiger partial charge is 0.224 e. The number of rotatable bonds is 4. The minimum atomic E-state index is -0.0862. The molecule has 0 spiro atoms. The summed E-state index contributed by atoms with van der Waals surface area (Å²) >= 11 is 5.92. The van der Waals surface area contributed by atoms with Crippen molar-refractivity contribution in [2.24, 2.45) is 0 Å². The summed E-state index contributed by atoms with van der Waals surface area (Å²) in [6.07, 6.45) is 4.12. The number of carbonyl (C=O) groups is 1. The van der Waals surface area contributed by atoms with Crippen LogP contribution in [0.2, 0.25) is 5.02 Å². The molecule has 3 rings (SSSR count). The average molecular weight is 334 g/mol. The van der Waals surface area contributed by atoms with Gasteiger partial charge >= 0.3 is 0 Å². The van der Waals surface area contributed by atoms with Gasteiger partial charge in [0.2, 0.25) is 5.91 Å². The molecule has 1 saturated heterocycles. The van der Waals surface area contributed by atoms with Gasteiger partial charge in [-0.05, 0) is 30.2 Å². The van der Waals surface area contributed by atoms with Crippen molar-refractivity contribution in [2.45, 2.75) is 26.0 Å². The monoisotopic (exact) mass is 333 g/mol. The van der Waals surface area contributed by atoms with Crippen molar-refractivity contribution in [1.82, 2.24) is 14.7 Å². The number of nitrogens with zero attached hydrogens (tertiary/aromatic N) is 3. The summed E-state index contributed by atoms with van der Waals surface area (Å²) in [6, 6.07) is 7.60. The number of hydrogen-bond acceptors (Lipinski definition) is 3. The fraction of sp³-hybridized carbons (Fsp3) is 0.412. The van der Waals surface area contributed by atoms with E-state index >= 15 is 0 Å². The van der Waals surface area contributed by atoms with E-state index in [1.807, 2.05) is 47.0 Å². The third kappa shape index (κ3) is 4.12. The lowest BCUT2D eigenvalue weighted by Gasteiger charge is -2.33. The van der Waals surface area contributed by atoms with Crippen LogP contribution < -0.4 is 0 Å². The summed E-state index contributed by atoms with van der Waals surface area (Å²) in [7, 11) is 0.